The lowest BCUT2D eigenvalue weighted by atomic mass is 9.64. The molecule has 0 bridgehead atoms. The summed E-state index contributed by atoms with van der Waals surface area (Å²) in [5.74, 6) is 1.22. The summed E-state index contributed by atoms with van der Waals surface area (Å²) in [6.07, 6.45) is 6.94. The highest BCUT2D eigenvalue weighted by atomic mass is 16.7. The first-order valence-corrected chi connectivity index (χ1v) is 8.54. The fourth-order valence-electron chi connectivity index (χ4n) is 5.64. The molecule has 116 valence electrons. The lowest BCUT2D eigenvalue weighted by Crippen LogP contribution is -2.48. The number of carbonyl (C=O) groups excluding carboxylic acids is 1. The van der Waals surface area contributed by atoms with Crippen LogP contribution < -0.4 is 0 Å². The maximum absolute atomic E-state index is 12.5. The molecule has 1 heterocycles. The van der Waals surface area contributed by atoms with Crippen LogP contribution in [0, 0.1) is 23.2 Å². The van der Waals surface area contributed by atoms with Crippen molar-refractivity contribution in [1.82, 2.24) is 0 Å². The van der Waals surface area contributed by atoms with Gasteiger partial charge in [0.15, 0.2) is 5.79 Å². The second-order valence-corrected chi connectivity index (χ2v) is 7.72. The molecular weight excluding hydrogens is 264 g/mol. The summed E-state index contributed by atoms with van der Waals surface area (Å²) < 4.78 is 12.3. The van der Waals surface area contributed by atoms with Crippen molar-refractivity contribution in [3.63, 3.8) is 0 Å². The Balaban J connectivity index is 1.71. The van der Waals surface area contributed by atoms with Gasteiger partial charge in [-0.3, -0.25) is 4.79 Å². The quantitative estimate of drug-likeness (QED) is 0.641. The van der Waals surface area contributed by atoms with Gasteiger partial charge in [-0.1, -0.05) is 19.1 Å². The van der Waals surface area contributed by atoms with Gasteiger partial charge in [-0.2, -0.15) is 0 Å². The molecule has 0 N–H and O–H groups in total. The second-order valence-electron chi connectivity index (χ2n) is 7.72. The van der Waals surface area contributed by atoms with E-state index in [0.29, 0.717) is 17.6 Å². The van der Waals surface area contributed by atoms with Crippen molar-refractivity contribution in [3.8, 4) is 0 Å². The molecule has 21 heavy (non-hydrogen) atoms. The molecular formula is C18H26O3. The summed E-state index contributed by atoms with van der Waals surface area (Å²) in [4.78, 5) is 12.5. The van der Waals surface area contributed by atoms with Crippen molar-refractivity contribution in [1.29, 1.82) is 0 Å². The van der Waals surface area contributed by atoms with Crippen LogP contribution in [0.2, 0.25) is 0 Å². The molecule has 3 heteroatoms. The van der Waals surface area contributed by atoms with Crippen LogP contribution in [0.3, 0.4) is 0 Å². The molecule has 1 spiro atoms. The number of carbonyl (C=O) groups is 1. The molecule has 0 radical (unpaired) electrons. The number of ketones is 1. The molecule has 0 aromatic heterocycles. The average Bonchev–Trinajstić information content (AvgIpc) is 3.12. The summed E-state index contributed by atoms with van der Waals surface area (Å²) in [6, 6.07) is 0. The van der Waals surface area contributed by atoms with Gasteiger partial charge in [0.05, 0.1) is 13.2 Å². The van der Waals surface area contributed by atoms with Crippen LogP contribution >= 0.6 is 0 Å². The fraction of sp³-hybridized carbons (Fsp3) is 0.833. The zero-order valence-electron chi connectivity index (χ0n) is 13.0. The highest BCUT2D eigenvalue weighted by Crippen LogP contribution is 2.62. The van der Waals surface area contributed by atoms with Crippen molar-refractivity contribution >= 4 is 5.78 Å². The summed E-state index contributed by atoms with van der Waals surface area (Å²) in [5, 5.41) is 0. The number of fused-ring (bicyclic) bond motifs is 3. The Kier molecular flexibility index (Phi) is 3.10. The molecule has 0 unspecified atom stereocenters. The Morgan fingerprint density at radius 2 is 1.86 bits per heavy atom. The smallest absolute Gasteiger partial charge is 0.174 e. The third-order valence-corrected chi connectivity index (χ3v) is 6.93. The monoisotopic (exact) mass is 290 g/mol. The summed E-state index contributed by atoms with van der Waals surface area (Å²) in [6.45, 7) is 8.06. The third kappa shape index (κ3) is 1.83. The maximum atomic E-state index is 12.5. The minimum Gasteiger partial charge on any atom is -0.347 e. The number of allylic oxidation sites excluding steroid dienone is 1. The first-order valence-electron chi connectivity index (χ1n) is 8.54. The van der Waals surface area contributed by atoms with E-state index in [1.165, 1.54) is 5.57 Å². The molecule has 4 rings (SSSR count). The molecule has 1 saturated heterocycles. The lowest BCUT2D eigenvalue weighted by Gasteiger charge is -2.46. The fourth-order valence-corrected chi connectivity index (χ4v) is 5.64. The normalized spacial score (nSPS) is 45.5. The van der Waals surface area contributed by atoms with Crippen LogP contribution in [0.25, 0.3) is 0 Å². The molecule has 0 amide bonds. The Morgan fingerprint density at radius 1 is 1.10 bits per heavy atom. The highest BCUT2D eigenvalue weighted by molar-refractivity contribution is 5.82. The van der Waals surface area contributed by atoms with Crippen molar-refractivity contribution in [2.24, 2.45) is 23.2 Å². The van der Waals surface area contributed by atoms with E-state index in [1.54, 1.807) is 0 Å². The average molecular weight is 290 g/mol. The lowest BCUT2D eigenvalue weighted by molar-refractivity contribution is -0.231. The molecule has 3 saturated carbocycles. The zero-order chi connectivity index (χ0) is 14.7. The van der Waals surface area contributed by atoms with E-state index in [1.807, 2.05) is 0 Å². The Morgan fingerprint density at radius 3 is 2.62 bits per heavy atom. The molecule has 4 fully saturated rings. The summed E-state index contributed by atoms with van der Waals surface area (Å²) >= 11 is 0. The van der Waals surface area contributed by atoms with Crippen molar-refractivity contribution < 1.29 is 14.3 Å². The van der Waals surface area contributed by atoms with Crippen molar-refractivity contribution in [2.75, 3.05) is 13.2 Å². The molecule has 1 aliphatic heterocycles. The molecule has 3 nitrogen and oxygen atoms in total. The molecule has 4 aliphatic rings. The molecule has 0 aromatic rings. The van der Waals surface area contributed by atoms with Crippen LogP contribution in [-0.2, 0) is 14.3 Å². The largest absolute Gasteiger partial charge is 0.347 e. The second kappa shape index (κ2) is 4.66. The van der Waals surface area contributed by atoms with Crippen LogP contribution in [0.1, 0.15) is 51.9 Å². The first-order chi connectivity index (χ1) is 10.1. The zero-order valence-corrected chi connectivity index (χ0v) is 13.0. The van der Waals surface area contributed by atoms with E-state index in [-0.39, 0.29) is 17.1 Å². The number of hydrogen-bond donors (Lipinski definition) is 0. The number of Topliss-reactive ketones (excluding diaryl/α,β-unsaturated/α-hetero) is 1. The minimum absolute atomic E-state index is 0.0421. The number of rotatable bonds is 0. The Bertz CT molecular complexity index is 477. The van der Waals surface area contributed by atoms with E-state index in [2.05, 4.69) is 13.5 Å². The van der Waals surface area contributed by atoms with E-state index >= 15 is 0 Å². The van der Waals surface area contributed by atoms with Gasteiger partial charge in [0, 0.05) is 24.2 Å². The van der Waals surface area contributed by atoms with Gasteiger partial charge < -0.3 is 9.47 Å². The van der Waals surface area contributed by atoms with Gasteiger partial charge in [-0.25, -0.2) is 0 Å². The van der Waals surface area contributed by atoms with Crippen LogP contribution in [0.5, 0.6) is 0 Å². The molecule has 3 aliphatic carbocycles. The van der Waals surface area contributed by atoms with Crippen LogP contribution in [0.4, 0.5) is 0 Å². The standard InChI is InChI=1S/C18H26O3/c1-12-3-5-14-15(12)11-17(2)13(4-6-16(14)19)7-8-18(17)20-9-10-21-18/h13-15H,1,3-11H2,2H3/t13-,14-,15-,17+/m1/s1. The van der Waals surface area contributed by atoms with Crippen molar-refractivity contribution in [2.45, 2.75) is 57.7 Å². The Hall–Kier alpha value is -0.670. The predicted octanol–water partition coefficient (Wildman–Crippen LogP) is 3.48. The van der Waals surface area contributed by atoms with E-state index < -0.39 is 0 Å². The topological polar surface area (TPSA) is 35.5 Å². The van der Waals surface area contributed by atoms with E-state index in [4.69, 9.17) is 9.47 Å². The van der Waals surface area contributed by atoms with Gasteiger partial charge in [0.25, 0.3) is 0 Å². The summed E-state index contributed by atoms with van der Waals surface area (Å²) in [5.41, 5.74) is 1.33. The van der Waals surface area contributed by atoms with Crippen LogP contribution in [0.15, 0.2) is 12.2 Å². The first kappa shape index (κ1) is 14.0. The SMILES string of the molecule is C=C1CC[C@H]2C(=O)CC[C@@H]3CCC4(OCCO4)[C@@]3(C)C[C@H]12. The predicted molar refractivity (Wildman–Crippen MR) is 79.7 cm³/mol. The van der Waals surface area contributed by atoms with E-state index in [0.717, 1.165) is 58.2 Å². The van der Waals surface area contributed by atoms with Crippen molar-refractivity contribution in [3.05, 3.63) is 12.2 Å². The van der Waals surface area contributed by atoms with Gasteiger partial charge in [0.1, 0.15) is 5.78 Å². The summed E-state index contributed by atoms with van der Waals surface area (Å²) in [7, 11) is 0. The van der Waals surface area contributed by atoms with Gasteiger partial charge >= 0.3 is 0 Å². The maximum Gasteiger partial charge on any atom is 0.174 e. The minimum atomic E-state index is -0.383. The van der Waals surface area contributed by atoms with Crippen LogP contribution in [-0.4, -0.2) is 24.8 Å². The molecule has 0 aromatic carbocycles. The number of ether oxygens (including phenoxy) is 2. The van der Waals surface area contributed by atoms with Gasteiger partial charge in [-0.15, -0.1) is 0 Å². The molecule has 4 atom stereocenters. The Labute approximate surface area is 127 Å². The van der Waals surface area contributed by atoms with E-state index in [9.17, 15) is 4.79 Å². The van der Waals surface area contributed by atoms with Gasteiger partial charge in [0.2, 0.25) is 0 Å². The number of hydrogen-bond acceptors (Lipinski definition) is 3. The van der Waals surface area contributed by atoms with Gasteiger partial charge in [-0.05, 0) is 43.9 Å². The third-order valence-electron chi connectivity index (χ3n) is 6.93. The highest BCUT2D eigenvalue weighted by Gasteiger charge is 2.62.